The van der Waals surface area contributed by atoms with Crippen molar-refractivity contribution in [3.63, 3.8) is 0 Å². The first-order valence-corrected chi connectivity index (χ1v) is 12.9. The molecule has 1 aliphatic carbocycles. The second-order valence-electron chi connectivity index (χ2n) is 9.57. The summed E-state index contributed by atoms with van der Waals surface area (Å²) in [5, 5.41) is 20.2. The molecule has 4 unspecified atom stereocenters. The number of carbonyl (C=O) groups excluding carboxylic acids is 1. The summed E-state index contributed by atoms with van der Waals surface area (Å²) in [6.07, 6.45) is 7.74. The van der Waals surface area contributed by atoms with E-state index in [1.54, 1.807) is 4.90 Å². The van der Waals surface area contributed by atoms with Gasteiger partial charge in [-0.25, -0.2) is 15.1 Å². The van der Waals surface area contributed by atoms with Gasteiger partial charge in [-0.3, -0.25) is 9.59 Å². The average molecular weight is 548 g/mol. The first-order chi connectivity index (χ1) is 16.9. The van der Waals surface area contributed by atoms with Crippen LogP contribution in [-0.4, -0.2) is 86.6 Å². The lowest BCUT2D eigenvalue weighted by molar-refractivity contribution is -0.141. The zero-order valence-electron chi connectivity index (χ0n) is 19.6. The molecule has 2 aromatic rings. The highest BCUT2D eigenvalue weighted by atomic mass is 79.9. The molecule has 4 atom stereocenters. The minimum absolute atomic E-state index is 0.0845. The Morgan fingerprint density at radius 1 is 1.20 bits per heavy atom. The summed E-state index contributed by atoms with van der Waals surface area (Å²) in [7, 11) is 0. The predicted octanol–water partition coefficient (Wildman–Crippen LogP) is 1.26. The van der Waals surface area contributed by atoms with Gasteiger partial charge in [0.25, 0.3) is 11.5 Å². The van der Waals surface area contributed by atoms with Gasteiger partial charge in [-0.05, 0) is 53.6 Å². The molecule has 1 amide bonds. The summed E-state index contributed by atoms with van der Waals surface area (Å²) >= 11 is 3.24. The van der Waals surface area contributed by atoms with Crippen molar-refractivity contribution in [3.8, 4) is 0 Å². The molecule has 1 saturated carbocycles. The summed E-state index contributed by atoms with van der Waals surface area (Å²) in [5.41, 5.74) is 1.42. The van der Waals surface area contributed by atoms with Gasteiger partial charge in [0.1, 0.15) is 10.6 Å². The van der Waals surface area contributed by atoms with Crippen LogP contribution in [0.3, 0.4) is 0 Å². The first kappa shape index (κ1) is 24.1. The number of ether oxygens (including phenoxy) is 1. The Bertz CT molecular complexity index is 1110. The number of carbonyl (C=O) groups is 1. The van der Waals surface area contributed by atoms with E-state index in [4.69, 9.17) is 4.74 Å². The topological polar surface area (TPSA) is 137 Å². The summed E-state index contributed by atoms with van der Waals surface area (Å²) in [6, 6.07) is -0.386. The maximum Gasteiger partial charge on any atom is 0.280 e. The number of β-amino-alcohol motifs (C(OH)–C–C–N with tert-alkyl or cyclic N) is 1. The third-order valence-corrected chi connectivity index (χ3v) is 7.66. The van der Waals surface area contributed by atoms with Crippen LogP contribution in [0.25, 0.3) is 0 Å². The van der Waals surface area contributed by atoms with E-state index in [2.05, 4.69) is 41.4 Å². The van der Waals surface area contributed by atoms with Crippen LogP contribution in [0.5, 0.6) is 0 Å². The molecule has 12 heteroatoms. The van der Waals surface area contributed by atoms with Gasteiger partial charge in [0.15, 0.2) is 0 Å². The van der Waals surface area contributed by atoms with Crippen LogP contribution < -0.4 is 15.8 Å². The maximum atomic E-state index is 13.0. The molecule has 0 bridgehead atoms. The minimum atomic E-state index is -0.681. The maximum absolute atomic E-state index is 13.0. The fourth-order valence-electron chi connectivity index (χ4n) is 4.80. The number of nitrogens with zero attached hydrogens (tertiary/aromatic N) is 5. The normalized spacial score (nSPS) is 25.7. The van der Waals surface area contributed by atoms with Crippen LogP contribution in [-0.2, 0) is 9.53 Å². The second-order valence-corrected chi connectivity index (χ2v) is 10.4. The molecule has 0 radical (unpaired) electrons. The number of halogens is 1. The standard InChI is InChI=1S/C23H30BrN7O4/c1-13(28-16-10-27-29-21(33)20(16)24)12-35-19-5-7-31(22(19)34)17-4-6-30(11-18(17)32)23-25-8-15(9-26-23)14-2-3-14/h8-10,13-14,17-19,32H,2-7,11-12H2,1H3,(H2,28,29,33). The van der Waals surface area contributed by atoms with Crippen LogP contribution >= 0.6 is 15.9 Å². The Kier molecular flexibility index (Phi) is 7.03. The quantitative estimate of drug-likeness (QED) is 0.445. The molecule has 188 valence electrons. The predicted molar refractivity (Wildman–Crippen MR) is 132 cm³/mol. The van der Waals surface area contributed by atoms with E-state index < -0.39 is 12.2 Å². The molecule has 0 spiro atoms. The van der Waals surface area contributed by atoms with Gasteiger partial charge in [0.2, 0.25) is 5.95 Å². The number of hydrogen-bond donors (Lipinski definition) is 3. The van der Waals surface area contributed by atoms with Crippen LogP contribution in [0.1, 0.15) is 44.1 Å². The fraction of sp³-hybridized carbons (Fsp3) is 0.609. The van der Waals surface area contributed by atoms with Crippen molar-refractivity contribution in [2.45, 2.75) is 62.8 Å². The zero-order chi connectivity index (χ0) is 24.5. The summed E-state index contributed by atoms with van der Waals surface area (Å²) in [5.74, 6) is 1.15. The molecule has 5 rings (SSSR count). The summed E-state index contributed by atoms with van der Waals surface area (Å²) < 4.78 is 6.28. The highest BCUT2D eigenvalue weighted by Gasteiger charge is 2.41. The molecule has 2 aromatic heterocycles. The van der Waals surface area contributed by atoms with E-state index in [9.17, 15) is 14.7 Å². The number of anilines is 2. The molecule has 3 N–H and O–H groups in total. The smallest absolute Gasteiger partial charge is 0.280 e. The first-order valence-electron chi connectivity index (χ1n) is 12.1. The van der Waals surface area contributed by atoms with Crippen LogP contribution in [0.4, 0.5) is 11.6 Å². The van der Waals surface area contributed by atoms with Gasteiger partial charge in [-0.15, -0.1) is 0 Å². The van der Waals surface area contributed by atoms with Gasteiger partial charge in [0, 0.05) is 44.5 Å². The number of likely N-dealkylation sites (tertiary alicyclic amines) is 1. The molecular formula is C23H30BrN7O4. The van der Waals surface area contributed by atoms with Gasteiger partial charge < -0.3 is 25.0 Å². The minimum Gasteiger partial charge on any atom is -0.389 e. The molecule has 2 saturated heterocycles. The van der Waals surface area contributed by atoms with E-state index in [-0.39, 0.29) is 23.6 Å². The second kappa shape index (κ2) is 10.2. The Hall–Kier alpha value is -2.57. The number of nitrogens with one attached hydrogen (secondary N) is 2. The Labute approximate surface area is 211 Å². The van der Waals surface area contributed by atoms with Gasteiger partial charge in [-0.1, -0.05) is 0 Å². The van der Waals surface area contributed by atoms with Crippen molar-refractivity contribution in [2.75, 3.05) is 36.5 Å². The number of amides is 1. The van der Waals surface area contributed by atoms with Crippen molar-refractivity contribution >= 4 is 33.5 Å². The van der Waals surface area contributed by atoms with E-state index in [0.717, 1.165) is 0 Å². The van der Waals surface area contributed by atoms with Crippen LogP contribution in [0, 0.1) is 0 Å². The van der Waals surface area contributed by atoms with Gasteiger partial charge >= 0.3 is 0 Å². The molecule has 4 heterocycles. The number of aliphatic hydroxyl groups is 1. The number of H-pyrrole nitrogens is 1. The molecule has 0 aromatic carbocycles. The lowest BCUT2D eigenvalue weighted by Gasteiger charge is -2.40. The van der Waals surface area contributed by atoms with Crippen LogP contribution in [0.2, 0.25) is 0 Å². The molecule has 11 nitrogen and oxygen atoms in total. The van der Waals surface area contributed by atoms with E-state index in [1.165, 1.54) is 24.6 Å². The van der Waals surface area contributed by atoms with Crippen molar-refractivity contribution in [1.82, 2.24) is 25.1 Å². The Morgan fingerprint density at radius 3 is 2.69 bits per heavy atom. The van der Waals surface area contributed by atoms with Crippen molar-refractivity contribution in [2.24, 2.45) is 0 Å². The van der Waals surface area contributed by atoms with Gasteiger partial charge in [0.05, 0.1) is 30.6 Å². The highest BCUT2D eigenvalue weighted by Crippen LogP contribution is 2.39. The molecule has 35 heavy (non-hydrogen) atoms. The van der Waals surface area contributed by atoms with Crippen molar-refractivity contribution < 1.29 is 14.6 Å². The molecule has 3 aliphatic rings. The number of aromatic amines is 1. The molecule has 3 fully saturated rings. The van der Waals surface area contributed by atoms with E-state index >= 15 is 0 Å². The lowest BCUT2D eigenvalue weighted by Crippen LogP contribution is -2.55. The number of aromatic nitrogens is 4. The van der Waals surface area contributed by atoms with Crippen LogP contribution in [0.15, 0.2) is 27.9 Å². The SMILES string of the molecule is CC(COC1CCN(C2CCN(c3ncc(C4CC4)cn3)CC2O)C1=O)Nc1cn[nH]c(=O)c1Br. The van der Waals surface area contributed by atoms with Crippen molar-refractivity contribution in [1.29, 1.82) is 0 Å². The van der Waals surface area contributed by atoms with E-state index in [0.29, 0.717) is 61.1 Å². The number of rotatable bonds is 8. The largest absolute Gasteiger partial charge is 0.389 e. The molecular weight excluding hydrogens is 518 g/mol. The number of hydrogen-bond acceptors (Lipinski definition) is 9. The Balaban J connectivity index is 1.11. The van der Waals surface area contributed by atoms with E-state index in [1.807, 2.05) is 24.2 Å². The summed E-state index contributed by atoms with van der Waals surface area (Å²) in [6.45, 7) is 3.83. The molecule has 2 aliphatic heterocycles. The lowest BCUT2D eigenvalue weighted by atomic mass is 10.0. The fourth-order valence-corrected chi connectivity index (χ4v) is 5.10. The number of piperidine rings is 1. The zero-order valence-corrected chi connectivity index (χ0v) is 21.1. The number of aliphatic hydroxyl groups excluding tert-OH is 1. The monoisotopic (exact) mass is 547 g/mol. The Morgan fingerprint density at radius 2 is 1.97 bits per heavy atom. The highest BCUT2D eigenvalue weighted by molar-refractivity contribution is 9.10. The van der Waals surface area contributed by atoms with Gasteiger partial charge in [-0.2, -0.15) is 5.10 Å². The third kappa shape index (κ3) is 5.34. The van der Waals surface area contributed by atoms with Crippen molar-refractivity contribution in [3.05, 3.63) is 39.0 Å². The third-order valence-electron chi connectivity index (χ3n) is 6.87. The summed E-state index contributed by atoms with van der Waals surface area (Å²) in [4.78, 5) is 37.5. The average Bonchev–Trinajstić information content (AvgIpc) is 3.64.